The molecule has 0 spiro atoms. The van der Waals surface area contributed by atoms with E-state index in [4.69, 9.17) is 4.74 Å². The molecule has 0 saturated carbocycles. The second-order valence-electron chi connectivity index (χ2n) is 8.10. The Morgan fingerprint density at radius 2 is 1.74 bits per heavy atom. The van der Waals surface area contributed by atoms with Gasteiger partial charge in [0.1, 0.15) is 13.2 Å². The number of quaternary nitrogens is 1. The van der Waals surface area contributed by atoms with Crippen LogP contribution in [-0.4, -0.2) is 49.9 Å². The monoisotopic (exact) mass is 495 g/mol. The highest BCUT2D eigenvalue weighted by Gasteiger charge is 2.30. The molecule has 2 N–H and O–H groups in total. The molecule has 0 bridgehead atoms. The summed E-state index contributed by atoms with van der Waals surface area (Å²) in [6, 6.07) is 12.0. The average Bonchev–Trinajstić information content (AvgIpc) is 3.22. The van der Waals surface area contributed by atoms with Gasteiger partial charge in [-0.3, -0.25) is 5.32 Å². The number of benzene rings is 2. The minimum absolute atomic E-state index is 0.297. The number of anilines is 3. The number of carbonyl (C=O) groups excluding carboxylic acids is 1. The fourth-order valence-corrected chi connectivity index (χ4v) is 3.42. The van der Waals surface area contributed by atoms with Crippen molar-refractivity contribution in [2.45, 2.75) is 20.0 Å². The third kappa shape index (κ3) is 8.68. The molecule has 0 aliphatic heterocycles. The molecule has 0 aliphatic carbocycles. The molecule has 34 heavy (non-hydrogen) atoms. The first-order valence-corrected chi connectivity index (χ1v) is 11.6. The molecular weight excluding hydrogens is 465 g/mol. The molecule has 1 aromatic heterocycles. The lowest BCUT2D eigenvalue weighted by molar-refractivity contribution is -0.870. The molecule has 0 fully saturated rings. The molecule has 0 unspecified atom stereocenters. The Bertz CT molecular complexity index is 1080. The number of alkyl halides is 3. The number of ether oxygens (including phenoxy) is 1. The van der Waals surface area contributed by atoms with Gasteiger partial charge in [-0.2, -0.15) is 13.2 Å². The van der Waals surface area contributed by atoms with Crippen molar-refractivity contribution in [2.24, 2.45) is 0 Å². The number of hydrogen-bond acceptors (Lipinski definition) is 5. The Hall–Kier alpha value is -3.11. The Labute approximate surface area is 202 Å². The molecule has 0 saturated heterocycles. The summed E-state index contributed by atoms with van der Waals surface area (Å²) in [5.41, 5.74) is 1.51. The van der Waals surface area contributed by atoms with Crippen molar-refractivity contribution in [1.29, 1.82) is 0 Å². The molecule has 184 valence electrons. The van der Waals surface area contributed by atoms with Crippen LogP contribution in [0.5, 0.6) is 0 Å². The number of likely N-dealkylation sites (N-methyl/N-ethyl adjacent to an activating group) is 1. The minimum Gasteiger partial charge on any atom is -0.443 e. The van der Waals surface area contributed by atoms with Crippen molar-refractivity contribution >= 4 is 33.9 Å². The first-order chi connectivity index (χ1) is 16.0. The summed E-state index contributed by atoms with van der Waals surface area (Å²) in [6.45, 7) is 4.99. The highest BCUT2D eigenvalue weighted by Crippen LogP contribution is 2.33. The van der Waals surface area contributed by atoms with Gasteiger partial charge in [-0.15, -0.1) is 11.3 Å². The topological polar surface area (TPSA) is 63.2 Å². The number of nitrogens with one attached hydrogen (secondary N) is 2. The van der Waals surface area contributed by atoms with Crippen molar-refractivity contribution in [1.82, 2.24) is 4.98 Å². The number of hydrogen-bond donors (Lipinski definition) is 2. The molecule has 2 aromatic carbocycles. The SMILES string of the molecule is CC.C[N+](C)(C)CCOC(=O)Nc1cccc(-c2csc(Nc3cccc(C(F)(F)F)c3)n2)c1. The van der Waals surface area contributed by atoms with Gasteiger partial charge in [0.15, 0.2) is 5.13 Å². The summed E-state index contributed by atoms with van der Waals surface area (Å²) < 4.78 is 44.6. The quantitative estimate of drug-likeness (QED) is 0.352. The van der Waals surface area contributed by atoms with Gasteiger partial charge in [-0.05, 0) is 30.3 Å². The van der Waals surface area contributed by atoms with E-state index in [1.807, 2.05) is 41.1 Å². The van der Waals surface area contributed by atoms with E-state index in [-0.39, 0.29) is 0 Å². The van der Waals surface area contributed by atoms with Gasteiger partial charge < -0.3 is 14.5 Å². The van der Waals surface area contributed by atoms with Gasteiger partial charge in [0.05, 0.1) is 32.4 Å². The second kappa shape index (κ2) is 11.8. The van der Waals surface area contributed by atoms with E-state index in [0.29, 0.717) is 39.8 Å². The predicted molar refractivity (Wildman–Crippen MR) is 131 cm³/mol. The van der Waals surface area contributed by atoms with E-state index in [2.05, 4.69) is 15.6 Å². The maximum absolute atomic E-state index is 12.9. The number of nitrogens with zero attached hydrogens (tertiary/aromatic N) is 2. The number of amides is 1. The summed E-state index contributed by atoms with van der Waals surface area (Å²) >= 11 is 1.27. The summed E-state index contributed by atoms with van der Waals surface area (Å²) in [6.07, 6.45) is -4.95. The Morgan fingerprint density at radius 3 is 2.41 bits per heavy atom. The van der Waals surface area contributed by atoms with Crippen LogP contribution in [0.25, 0.3) is 11.3 Å². The third-order valence-corrected chi connectivity index (χ3v) is 5.10. The fraction of sp³-hybridized carbons (Fsp3) is 0.333. The second-order valence-corrected chi connectivity index (χ2v) is 8.96. The van der Waals surface area contributed by atoms with E-state index in [1.165, 1.54) is 17.4 Å². The highest BCUT2D eigenvalue weighted by molar-refractivity contribution is 7.14. The zero-order valence-electron chi connectivity index (χ0n) is 19.9. The zero-order valence-corrected chi connectivity index (χ0v) is 20.7. The van der Waals surface area contributed by atoms with Crippen LogP contribution in [0.2, 0.25) is 0 Å². The van der Waals surface area contributed by atoms with Crippen LogP contribution < -0.4 is 10.6 Å². The van der Waals surface area contributed by atoms with E-state index >= 15 is 0 Å². The number of aromatic nitrogens is 1. The van der Waals surface area contributed by atoms with Crippen LogP contribution >= 0.6 is 11.3 Å². The van der Waals surface area contributed by atoms with E-state index in [1.54, 1.807) is 29.6 Å². The molecular formula is C24H30F3N4O2S+. The van der Waals surface area contributed by atoms with Gasteiger partial charge in [0, 0.05) is 22.3 Å². The Kier molecular flexibility index (Phi) is 9.46. The predicted octanol–water partition coefficient (Wildman–Crippen LogP) is 6.85. The van der Waals surface area contributed by atoms with Gasteiger partial charge in [-0.25, -0.2) is 9.78 Å². The Morgan fingerprint density at radius 1 is 1.06 bits per heavy atom. The molecule has 6 nitrogen and oxygen atoms in total. The standard InChI is InChI=1S/C22H23F3N4O2S.C2H6/c1-29(2,3)10-11-31-21(30)27-17-8-4-6-15(12-17)19-14-32-20(28-19)26-18-9-5-7-16(13-18)22(23,24)25;1-2/h4-9,12-14H,10-11H2,1-3H3,(H-,26,27,28,30);1-2H3/p+1. The largest absolute Gasteiger partial charge is 0.443 e. The van der Waals surface area contributed by atoms with Crippen LogP contribution in [-0.2, 0) is 10.9 Å². The summed E-state index contributed by atoms with van der Waals surface area (Å²) in [4.78, 5) is 16.5. The van der Waals surface area contributed by atoms with Gasteiger partial charge in [0.25, 0.3) is 0 Å². The van der Waals surface area contributed by atoms with Crippen molar-refractivity contribution in [3.63, 3.8) is 0 Å². The van der Waals surface area contributed by atoms with Gasteiger partial charge >= 0.3 is 12.3 Å². The molecule has 10 heteroatoms. The normalized spacial score (nSPS) is 11.3. The molecule has 0 aliphatic rings. The van der Waals surface area contributed by atoms with Crippen LogP contribution in [0, 0.1) is 0 Å². The summed E-state index contributed by atoms with van der Waals surface area (Å²) in [7, 11) is 6.03. The van der Waals surface area contributed by atoms with Crippen molar-refractivity contribution < 1.29 is 27.2 Å². The van der Waals surface area contributed by atoms with Crippen LogP contribution in [0.15, 0.2) is 53.9 Å². The average molecular weight is 496 g/mol. The number of halogens is 3. The first-order valence-electron chi connectivity index (χ1n) is 10.7. The van der Waals surface area contributed by atoms with Crippen LogP contribution in [0.1, 0.15) is 19.4 Å². The molecule has 3 rings (SSSR count). The van der Waals surface area contributed by atoms with Crippen molar-refractivity contribution in [2.75, 3.05) is 44.9 Å². The summed E-state index contributed by atoms with van der Waals surface area (Å²) in [5, 5.41) is 7.84. The first kappa shape index (κ1) is 27.1. The number of carbonyl (C=O) groups is 1. The fourth-order valence-electron chi connectivity index (χ4n) is 2.68. The lowest BCUT2D eigenvalue weighted by atomic mass is 10.1. The van der Waals surface area contributed by atoms with Crippen molar-refractivity contribution in [3.8, 4) is 11.3 Å². The molecule has 3 aromatic rings. The lowest BCUT2D eigenvalue weighted by Crippen LogP contribution is -2.38. The molecule has 0 radical (unpaired) electrons. The molecule has 1 heterocycles. The smallest absolute Gasteiger partial charge is 0.416 e. The molecule has 0 atom stereocenters. The van der Waals surface area contributed by atoms with E-state index < -0.39 is 17.8 Å². The van der Waals surface area contributed by atoms with Crippen LogP contribution in [0.4, 0.5) is 34.5 Å². The maximum Gasteiger partial charge on any atom is 0.416 e. The maximum atomic E-state index is 12.9. The van der Waals surface area contributed by atoms with Crippen LogP contribution in [0.3, 0.4) is 0 Å². The lowest BCUT2D eigenvalue weighted by Gasteiger charge is -2.23. The summed E-state index contributed by atoms with van der Waals surface area (Å²) in [5.74, 6) is 0. The van der Waals surface area contributed by atoms with E-state index in [9.17, 15) is 18.0 Å². The number of rotatable bonds is 7. The highest BCUT2D eigenvalue weighted by atomic mass is 32.1. The minimum atomic E-state index is -4.41. The van der Waals surface area contributed by atoms with E-state index in [0.717, 1.165) is 17.7 Å². The third-order valence-electron chi connectivity index (χ3n) is 4.35. The Balaban J connectivity index is 0.00000199. The number of thiazole rings is 1. The zero-order chi connectivity index (χ0) is 25.4. The van der Waals surface area contributed by atoms with Crippen molar-refractivity contribution in [3.05, 3.63) is 59.5 Å². The molecule has 1 amide bonds. The van der Waals surface area contributed by atoms with Gasteiger partial charge in [-0.1, -0.05) is 32.0 Å². The van der Waals surface area contributed by atoms with Gasteiger partial charge in [0.2, 0.25) is 0 Å².